The van der Waals surface area contributed by atoms with Crippen molar-refractivity contribution in [2.45, 2.75) is 32.8 Å². The molecule has 1 unspecified atom stereocenters. The summed E-state index contributed by atoms with van der Waals surface area (Å²) in [5.74, 6) is 0.311. The summed E-state index contributed by atoms with van der Waals surface area (Å²) in [5, 5.41) is 0. The third-order valence-corrected chi connectivity index (χ3v) is 1.75. The molecule has 0 aromatic rings. The predicted octanol–water partition coefficient (Wildman–Crippen LogP) is 1.61. The SMILES string of the molecule is COC(=O)C(CCC(C)C)OC. The normalized spacial score (nSPS) is 13.1. The lowest BCUT2D eigenvalue weighted by molar-refractivity contribution is -0.152. The minimum absolute atomic E-state index is 0.279. The highest BCUT2D eigenvalue weighted by atomic mass is 16.6. The molecular formula is C9H18O3. The fraction of sp³-hybridized carbons (Fsp3) is 0.889. The molecular weight excluding hydrogens is 156 g/mol. The number of rotatable bonds is 5. The van der Waals surface area contributed by atoms with Crippen molar-refractivity contribution in [3.63, 3.8) is 0 Å². The quantitative estimate of drug-likeness (QED) is 0.594. The molecule has 0 saturated heterocycles. The Morgan fingerprint density at radius 3 is 2.17 bits per heavy atom. The molecule has 0 aliphatic carbocycles. The highest BCUT2D eigenvalue weighted by molar-refractivity contribution is 5.74. The molecule has 0 N–H and O–H groups in total. The van der Waals surface area contributed by atoms with Gasteiger partial charge in [-0.1, -0.05) is 13.8 Å². The average molecular weight is 174 g/mol. The van der Waals surface area contributed by atoms with Crippen molar-refractivity contribution >= 4 is 5.97 Å². The Labute approximate surface area is 74.0 Å². The van der Waals surface area contributed by atoms with E-state index in [0.717, 1.165) is 12.8 Å². The minimum atomic E-state index is -0.391. The Hall–Kier alpha value is -0.570. The maximum absolute atomic E-state index is 11.0. The molecule has 0 rings (SSSR count). The van der Waals surface area contributed by atoms with Crippen molar-refractivity contribution in [2.24, 2.45) is 5.92 Å². The number of ether oxygens (including phenoxy) is 2. The number of carbonyl (C=O) groups is 1. The second-order valence-corrected chi connectivity index (χ2v) is 3.22. The van der Waals surface area contributed by atoms with E-state index in [2.05, 4.69) is 18.6 Å². The van der Waals surface area contributed by atoms with Gasteiger partial charge in [0.25, 0.3) is 0 Å². The Morgan fingerprint density at radius 1 is 1.25 bits per heavy atom. The van der Waals surface area contributed by atoms with Gasteiger partial charge < -0.3 is 9.47 Å². The third kappa shape index (κ3) is 4.34. The lowest BCUT2D eigenvalue weighted by Crippen LogP contribution is -2.24. The van der Waals surface area contributed by atoms with E-state index in [0.29, 0.717) is 5.92 Å². The van der Waals surface area contributed by atoms with Crippen molar-refractivity contribution in [1.82, 2.24) is 0 Å². The van der Waals surface area contributed by atoms with Crippen LogP contribution in [0.25, 0.3) is 0 Å². The van der Waals surface area contributed by atoms with E-state index in [1.54, 1.807) is 0 Å². The van der Waals surface area contributed by atoms with E-state index in [-0.39, 0.29) is 5.97 Å². The van der Waals surface area contributed by atoms with E-state index in [9.17, 15) is 4.79 Å². The monoisotopic (exact) mass is 174 g/mol. The van der Waals surface area contributed by atoms with Gasteiger partial charge in [-0.15, -0.1) is 0 Å². The number of carbonyl (C=O) groups excluding carboxylic acids is 1. The highest BCUT2D eigenvalue weighted by Gasteiger charge is 2.17. The summed E-state index contributed by atoms with van der Waals surface area (Å²) in [4.78, 5) is 11.0. The predicted molar refractivity (Wildman–Crippen MR) is 46.9 cm³/mol. The lowest BCUT2D eigenvalue weighted by atomic mass is 10.1. The first-order valence-corrected chi connectivity index (χ1v) is 4.22. The van der Waals surface area contributed by atoms with Crippen LogP contribution < -0.4 is 0 Å². The van der Waals surface area contributed by atoms with Gasteiger partial charge in [0, 0.05) is 7.11 Å². The molecule has 12 heavy (non-hydrogen) atoms. The topological polar surface area (TPSA) is 35.5 Å². The van der Waals surface area contributed by atoms with E-state index >= 15 is 0 Å². The first-order chi connectivity index (χ1) is 5.61. The smallest absolute Gasteiger partial charge is 0.334 e. The van der Waals surface area contributed by atoms with Gasteiger partial charge in [-0.3, -0.25) is 0 Å². The van der Waals surface area contributed by atoms with Crippen molar-refractivity contribution in [2.75, 3.05) is 14.2 Å². The molecule has 0 aliphatic heterocycles. The molecule has 1 atom stereocenters. The van der Waals surface area contributed by atoms with Gasteiger partial charge in [-0.25, -0.2) is 4.79 Å². The van der Waals surface area contributed by atoms with Crippen LogP contribution in [0.15, 0.2) is 0 Å². The van der Waals surface area contributed by atoms with E-state index in [1.165, 1.54) is 14.2 Å². The van der Waals surface area contributed by atoms with Crippen LogP contribution in [0.1, 0.15) is 26.7 Å². The third-order valence-electron chi connectivity index (χ3n) is 1.75. The lowest BCUT2D eigenvalue weighted by Gasteiger charge is -2.13. The second kappa shape index (κ2) is 6.00. The fourth-order valence-corrected chi connectivity index (χ4v) is 0.948. The van der Waals surface area contributed by atoms with Gasteiger partial charge in [-0.05, 0) is 18.8 Å². The van der Waals surface area contributed by atoms with Crippen LogP contribution in [0.3, 0.4) is 0 Å². The molecule has 0 bridgehead atoms. The number of esters is 1. The highest BCUT2D eigenvalue weighted by Crippen LogP contribution is 2.09. The van der Waals surface area contributed by atoms with Crippen molar-refractivity contribution in [3.05, 3.63) is 0 Å². The molecule has 0 fully saturated rings. The van der Waals surface area contributed by atoms with Crippen LogP contribution >= 0.6 is 0 Å². The minimum Gasteiger partial charge on any atom is -0.467 e. The molecule has 3 nitrogen and oxygen atoms in total. The zero-order valence-corrected chi connectivity index (χ0v) is 8.29. The number of hydrogen-bond donors (Lipinski definition) is 0. The molecule has 0 aliphatic rings. The Bertz CT molecular complexity index is 132. The Balaban J connectivity index is 3.75. The molecule has 0 aromatic carbocycles. The first-order valence-electron chi connectivity index (χ1n) is 4.22. The maximum atomic E-state index is 11.0. The van der Waals surface area contributed by atoms with E-state index < -0.39 is 6.10 Å². The van der Waals surface area contributed by atoms with Gasteiger partial charge >= 0.3 is 5.97 Å². The molecule has 0 saturated carbocycles. The summed E-state index contributed by atoms with van der Waals surface area (Å²) in [6.07, 6.45) is 1.33. The molecule has 0 spiro atoms. The van der Waals surface area contributed by atoms with Crippen molar-refractivity contribution < 1.29 is 14.3 Å². The van der Waals surface area contributed by atoms with Crippen molar-refractivity contribution in [1.29, 1.82) is 0 Å². The van der Waals surface area contributed by atoms with Gasteiger partial charge in [0.2, 0.25) is 0 Å². The van der Waals surface area contributed by atoms with Crippen LogP contribution in [0.5, 0.6) is 0 Å². The van der Waals surface area contributed by atoms with Gasteiger partial charge in [0.15, 0.2) is 6.10 Å². The zero-order chi connectivity index (χ0) is 9.56. The molecule has 0 aromatic heterocycles. The number of methoxy groups -OCH3 is 2. The van der Waals surface area contributed by atoms with Crippen LogP contribution in [0.4, 0.5) is 0 Å². The summed E-state index contributed by atoms with van der Waals surface area (Å²) >= 11 is 0. The summed E-state index contributed by atoms with van der Waals surface area (Å²) in [7, 11) is 2.91. The zero-order valence-electron chi connectivity index (χ0n) is 8.29. The molecule has 0 heterocycles. The van der Waals surface area contributed by atoms with Gasteiger partial charge in [0.1, 0.15) is 0 Å². The summed E-state index contributed by atoms with van der Waals surface area (Å²) in [6.45, 7) is 4.23. The maximum Gasteiger partial charge on any atom is 0.334 e. The van der Waals surface area contributed by atoms with Crippen LogP contribution in [-0.2, 0) is 14.3 Å². The second-order valence-electron chi connectivity index (χ2n) is 3.22. The molecule has 3 heteroatoms. The number of hydrogen-bond acceptors (Lipinski definition) is 3. The Kier molecular flexibility index (Phi) is 5.72. The first kappa shape index (κ1) is 11.4. The Morgan fingerprint density at radius 2 is 1.83 bits per heavy atom. The standard InChI is InChI=1S/C9H18O3/c1-7(2)5-6-8(11-3)9(10)12-4/h7-8H,5-6H2,1-4H3. The molecule has 72 valence electrons. The van der Waals surface area contributed by atoms with Gasteiger partial charge in [0.05, 0.1) is 7.11 Å². The van der Waals surface area contributed by atoms with Crippen LogP contribution in [0.2, 0.25) is 0 Å². The summed E-state index contributed by atoms with van der Waals surface area (Å²) < 4.78 is 9.55. The van der Waals surface area contributed by atoms with Crippen LogP contribution in [0, 0.1) is 5.92 Å². The largest absolute Gasteiger partial charge is 0.467 e. The van der Waals surface area contributed by atoms with Gasteiger partial charge in [-0.2, -0.15) is 0 Å². The average Bonchev–Trinajstić information content (AvgIpc) is 2.04. The van der Waals surface area contributed by atoms with Crippen LogP contribution in [-0.4, -0.2) is 26.3 Å². The molecule has 0 amide bonds. The fourth-order valence-electron chi connectivity index (χ4n) is 0.948. The molecule has 0 radical (unpaired) electrons. The summed E-state index contributed by atoms with van der Waals surface area (Å²) in [6, 6.07) is 0. The van der Waals surface area contributed by atoms with Crippen molar-refractivity contribution in [3.8, 4) is 0 Å². The summed E-state index contributed by atoms with van der Waals surface area (Å²) in [5.41, 5.74) is 0. The van der Waals surface area contributed by atoms with E-state index in [4.69, 9.17) is 4.74 Å². The van der Waals surface area contributed by atoms with E-state index in [1.807, 2.05) is 0 Å².